The van der Waals surface area contributed by atoms with Gasteiger partial charge in [-0.1, -0.05) is 0 Å². The number of hydrogen-bond donors (Lipinski definition) is 3. The first-order valence-electron chi connectivity index (χ1n) is 3.91. The molecule has 5 nitrogen and oxygen atoms in total. The zero-order chi connectivity index (χ0) is 10.7. The largest absolute Gasteiger partial charge is 0.508 e. The number of rotatable bonds is 2. The molecule has 0 aliphatic carbocycles. The van der Waals surface area contributed by atoms with E-state index in [1.54, 1.807) is 0 Å². The van der Waals surface area contributed by atoms with Gasteiger partial charge < -0.3 is 20.7 Å². The summed E-state index contributed by atoms with van der Waals surface area (Å²) in [6.45, 7) is 0. The van der Waals surface area contributed by atoms with Crippen molar-refractivity contribution in [2.24, 2.45) is 5.73 Å². The maximum absolute atomic E-state index is 11.0. The van der Waals surface area contributed by atoms with Gasteiger partial charge >= 0.3 is 5.97 Å². The van der Waals surface area contributed by atoms with Gasteiger partial charge in [0.15, 0.2) is 0 Å². The van der Waals surface area contributed by atoms with Crippen molar-refractivity contribution in [1.82, 2.24) is 0 Å². The average molecular weight is 197 g/mol. The molecule has 1 atom stereocenters. The van der Waals surface area contributed by atoms with Gasteiger partial charge in [0.25, 0.3) is 0 Å². The lowest BCUT2D eigenvalue weighted by Gasteiger charge is -2.11. The quantitative estimate of drug-likeness (QED) is 0.592. The summed E-state index contributed by atoms with van der Waals surface area (Å²) in [6, 6.07) is 2.77. The van der Waals surface area contributed by atoms with Gasteiger partial charge in [0.1, 0.15) is 17.5 Å². The number of carbonyl (C=O) groups excluding carboxylic acids is 1. The number of carbonyl (C=O) groups is 1. The number of methoxy groups -OCH3 is 1. The minimum atomic E-state index is -1.04. The summed E-state index contributed by atoms with van der Waals surface area (Å²) < 4.78 is 4.41. The zero-order valence-corrected chi connectivity index (χ0v) is 7.60. The predicted octanol–water partition coefficient (Wildman–Crippen LogP) is 0.271. The highest BCUT2D eigenvalue weighted by atomic mass is 16.5. The molecule has 1 rings (SSSR count). The van der Waals surface area contributed by atoms with E-state index in [4.69, 9.17) is 10.8 Å². The molecule has 0 aliphatic heterocycles. The Morgan fingerprint density at radius 3 is 2.64 bits per heavy atom. The van der Waals surface area contributed by atoms with E-state index in [-0.39, 0.29) is 17.1 Å². The number of esters is 1. The average Bonchev–Trinajstić information content (AvgIpc) is 2.15. The van der Waals surface area contributed by atoms with Crippen LogP contribution in [0.3, 0.4) is 0 Å². The van der Waals surface area contributed by atoms with Gasteiger partial charge in [0.05, 0.1) is 7.11 Å². The molecular weight excluding hydrogens is 186 g/mol. The summed E-state index contributed by atoms with van der Waals surface area (Å²) in [5.74, 6) is -0.975. The number of phenols is 2. The highest BCUT2D eigenvalue weighted by molar-refractivity contribution is 5.78. The minimum Gasteiger partial charge on any atom is -0.508 e. The number of benzene rings is 1. The maximum Gasteiger partial charge on any atom is 0.327 e. The van der Waals surface area contributed by atoms with Crippen molar-refractivity contribution in [1.29, 1.82) is 0 Å². The van der Waals surface area contributed by atoms with Crippen LogP contribution in [-0.2, 0) is 9.53 Å². The van der Waals surface area contributed by atoms with Crippen molar-refractivity contribution in [2.75, 3.05) is 7.11 Å². The Hall–Kier alpha value is -1.75. The van der Waals surface area contributed by atoms with E-state index in [9.17, 15) is 9.90 Å². The van der Waals surface area contributed by atoms with E-state index in [0.29, 0.717) is 0 Å². The molecule has 4 N–H and O–H groups in total. The summed E-state index contributed by atoms with van der Waals surface area (Å²) in [5.41, 5.74) is 5.70. The molecule has 0 unspecified atom stereocenters. The van der Waals surface area contributed by atoms with Crippen LogP contribution in [0.15, 0.2) is 18.2 Å². The third-order valence-electron chi connectivity index (χ3n) is 1.80. The van der Waals surface area contributed by atoms with E-state index in [2.05, 4.69) is 4.74 Å². The lowest BCUT2D eigenvalue weighted by molar-refractivity contribution is -0.142. The molecule has 0 aliphatic rings. The molecule has 0 saturated carbocycles. The highest BCUT2D eigenvalue weighted by Gasteiger charge is 2.19. The molecule has 0 aromatic heterocycles. The maximum atomic E-state index is 11.0. The Morgan fingerprint density at radius 1 is 1.50 bits per heavy atom. The minimum absolute atomic E-state index is 0.0942. The number of ether oxygens (including phenoxy) is 1. The van der Waals surface area contributed by atoms with Gasteiger partial charge in [-0.15, -0.1) is 0 Å². The first kappa shape index (κ1) is 10.3. The van der Waals surface area contributed by atoms with Gasteiger partial charge in [-0.05, 0) is 12.1 Å². The molecule has 0 fully saturated rings. The summed E-state index contributed by atoms with van der Waals surface area (Å²) in [6.07, 6.45) is 0. The van der Waals surface area contributed by atoms with E-state index < -0.39 is 12.0 Å². The van der Waals surface area contributed by atoms with Crippen molar-refractivity contribution >= 4 is 5.97 Å². The normalized spacial score (nSPS) is 12.1. The SMILES string of the molecule is COC(=O)[C@@H](N)c1ccc(O)cc1O. The van der Waals surface area contributed by atoms with Crippen LogP contribution in [0.5, 0.6) is 11.5 Å². The predicted molar refractivity (Wildman–Crippen MR) is 48.7 cm³/mol. The second-order valence-electron chi connectivity index (χ2n) is 2.74. The first-order chi connectivity index (χ1) is 6.56. The first-order valence-corrected chi connectivity index (χ1v) is 3.91. The third kappa shape index (κ3) is 1.94. The molecule has 0 bridgehead atoms. The van der Waals surface area contributed by atoms with Gasteiger partial charge in [-0.25, -0.2) is 0 Å². The van der Waals surface area contributed by atoms with Crippen LogP contribution >= 0.6 is 0 Å². The lowest BCUT2D eigenvalue weighted by atomic mass is 10.1. The van der Waals surface area contributed by atoms with Crippen LogP contribution in [0.4, 0.5) is 0 Å². The highest BCUT2D eigenvalue weighted by Crippen LogP contribution is 2.27. The number of nitrogens with two attached hydrogens (primary N) is 1. The van der Waals surface area contributed by atoms with Gasteiger partial charge in [-0.2, -0.15) is 0 Å². The van der Waals surface area contributed by atoms with Crippen molar-refractivity contribution < 1.29 is 19.7 Å². The molecule has 0 heterocycles. The lowest BCUT2D eigenvalue weighted by Crippen LogP contribution is -2.22. The molecule has 0 radical (unpaired) electrons. The van der Waals surface area contributed by atoms with E-state index in [0.717, 1.165) is 6.07 Å². The molecule has 14 heavy (non-hydrogen) atoms. The molecule has 0 amide bonds. The molecule has 0 saturated heterocycles. The Bertz CT molecular complexity index is 351. The monoisotopic (exact) mass is 197 g/mol. The molecular formula is C9H11NO4. The fourth-order valence-corrected chi connectivity index (χ4v) is 1.05. The van der Waals surface area contributed by atoms with Crippen molar-refractivity contribution in [3.63, 3.8) is 0 Å². The fraction of sp³-hybridized carbons (Fsp3) is 0.222. The van der Waals surface area contributed by atoms with Crippen LogP contribution in [0.25, 0.3) is 0 Å². The van der Waals surface area contributed by atoms with Crippen LogP contribution in [0, 0.1) is 0 Å². The van der Waals surface area contributed by atoms with Crippen LogP contribution in [0.1, 0.15) is 11.6 Å². The van der Waals surface area contributed by atoms with Crippen molar-refractivity contribution in [3.05, 3.63) is 23.8 Å². The molecule has 1 aromatic rings. The molecule has 1 aromatic carbocycles. The smallest absolute Gasteiger partial charge is 0.327 e. The van der Waals surface area contributed by atoms with E-state index in [1.165, 1.54) is 19.2 Å². The van der Waals surface area contributed by atoms with Crippen LogP contribution < -0.4 is 5.73 Å². The Kier molecular flexibility index (Phi) is 2.93. The van der Waals surface area contributed by atoms with Gasteiger partial charge in [0.2, 0.25) is 0 Å². The Balaban J connectivity index is 3.01. The Morgan fingerprint density at radius 2 is 2.14 bits per heavy atom. The van der Waals surface area contributed by atoms with Crippen LogP contribution in [-0.4, -0.2) is 23.3 Å². The summed E-state index contributed by atoms with van der Waals surface area (Å²) >= 11 is 0. The van der Waals surface area contributed by atoms with Gasteiger partial charge in [-0.3, -0.25) is 4.79 Å². The second-order valence-corrected chi connectivity index (χ2v) is 2.74. The summed E-state index contributed by atoms with van der Waals surface area (Å²) in [7, 11) is 1.21. The number of hydrogen-bond acceptors (Lipinski definition) is 5. The summed E-state index contributed by atoms with van der Waals surface area (Å²) in [5, 5.41) is 18.4. The topological polar surface area (TPSA) is 92.8 Å². The number of aromatic hydroxyl groups is 2. The third-order valence-corrected chi connectivity index (χ3v) is 1.80. The molecule has 5 heteroatoms. The van der Waals surface area contributed by atoms with Crippen molar-refractivity contribution in [3.8, 4) is 11.5 Å². The second kappa shape index (κ2) is 3.97. The molecule has 76 valence electrons. The van der Waals surface area contributed by atoms with Crippen molar-refractivity contribution in [2.45, 2.75) is 6.04 Å². The fourth-order valence-electron chi connectivity index (χ4n) is 1.05. The van der Waals surface area contributed by atoms with Crippen LogP contribution in [0.2, 0.25) is 0 Å². The summed E-state index contributed by atoms with van der Waals surface area (Å²) in [4.78, 5) is 11.0. The molecule has 0 spiro atoms. The standard InChI is InChI=1S/C9H11NO4/c1-14-9(13)8(10)6-3-2-5(11)4-7(6)12/h2-4,8,11-12H,10H2,1H3/t8-/m0/s1. The zero-order valence-electron chi connectivity index (χ0n) is 7.60. The Labute approximate surface area is 80.7 Å². The number of phenolic OH excluding ortho intramolecular Hbond substituents is 2. The van der Waals surface area contributed by atoms with Gasteiger partial charge in [0, 0.05) is 11.6 Å². The van der Waals surface area contributed by atoms with E-state index in [1.807, 2.05) is 0 Å². The van der Waals surface area contributed by atoms with E-state index >= 15 is 0 Å².